The molecule has 2 aromatic carbocycles. The molecule has 2 aliphatic rings. The van der Waals surface area contributed by atoms with Crippen LogP contribution in [0, 0.1) is 5.41 Å². The van der Waals surface area contributed by atoms with Gasteiger partial charge in [-0.3, -0.25) is 19.7 Å². The maximum atomic E-state index is 13.5. The minimum atomic E-state index is -0.516. The van der Waals surface area contributed by atoms with E-state index in [2.05, 4.69) is 50.8 Å². The molecule has 0 bridgehead atoms. The van der Waals surface area contributed by atoms with Gasteiger partial charge >= 0.3 is 0 Å². The Labute approximate surface area is 208 Å². The van der Waals surface area contributed by atoms with Gasteiger partial charge in [-0.2, -0.15) is 0 Å². The van der Waals surface area contributed by atoms with Crippen molar-refractivity contribution in [2.24, 2.45) is 5.41 Å². The SMILES string of the molecule is C[C@@H]1CN(C(=O)c2cccc(C3=CCC(C)(C)CC3)c2)C[C@H](C)N1Cc1ccc(C(=O)NO)cc1. The molecular formula is C29H37N3O3. The molecule has 0 radical (unpaired) electrons. The highest BCUT2D eigenvalue weighted by Gasteiger charge is 2.32. The molecule has 2 aromatic rings. The zero-order chi connectivity index (χ0) is 25.2. The summed E-state index contributed by atoms with van der Waals surface area (Å²) in [5.74, 6) is -0.417. The van der Waals surface area contributed by atoms with Gasteiger partial charge in [0.2, 0.25) is 0 Å². The summed E-state index contributed by atoms with van der Waals surface area (Å²) in [6.07, 6.45) is 5.65. The number of benzene rings is 2. The summed E-state index contributed by atoms with van der Waals surface area (Å²) in [4.78, 5) is 29.4. The van der Waals surface area contributed by atoms with Crippen LogP contribution in [0.4, 0.5) is 0 Å². The van der Waals surface area contributed by atoms with E-state index >= 15 is 0 Å². The number of hydrogen-bond acceptors (Lipinski definition) is 4. The summed E-state index contributed by atoms with van der Waals surface area (Å²) < 4.78 is 0. The first-order valence-electron chi connectivity index (χ1n) is 12.5. The molecule has 186 valence electrons. The van der Waals surface area contributed by atoms with Crippen LogP contribution >= 0.6 is 0 Å². The second-order valence-corrected chi connectivity index (χ2v) is 10.9. The first-order chi connectivity index (χ1) is 16.7. The van der Waals surface area contributed by atoms with Gasteiger partial charge in [0.25, 0.3) is 11.8 Å². The number of carbonyl (C=O) groups is 2. The van der Waals surface area contributed by atoms with Crippen molar-refractivity contribution >= 4 is 17.4 Å². The highest BCUT2D eigenvalue weighted by atomic mass is 16.5. The molecule has 2 atom stereocenters. The molecule has 0 spiro atoms. The van der Waals surface area contributed by atoms with Crippen molar-refractivity contribution in [1.29, 1.82) is 0 Å². The molecule has 1 aliphatic heterocycles. The van der Waals surface area contributed by atoms with Gasteiger partial charge in [-0.15, -0.1) is 0 Å². The molecular weight excluding hydrogens is 438 g/mol. The maximum absolute atomic E-state index is 13.5. The smallest absolute Gasteiger partial charge is 0.274 e. The van der Waals surface area contributed by atoms with Crippen LogP contribution in [0.15, 0.2) is 54.6 Å². The molecule has 1 heterocycles. The van der Waals surface area contributed by atoms with E-state index in [0.29, 0.717) is 24.1 Å². The second-order valence-electron chi connectivity index (χ2n) is 10.9. The summed E-state index contributed by atoms with van der Waals surface area (Å²) in [5.41, 5.74) is 6.82. The number of nitrogens with one attached hydrogen (secondary N) is 1. The van der Waals surface area contributed by atoms with Crippen molar-refractivity contribution in [2.45, 2.75) is 65.6 Å². The Balaban J connectivity index is 1.42. The predicted octanol–water partition coefficient (Wildman–Crippen LogP) is 5.13. The molecule has 0 unspecified atom stereocenters. The van der Waals surface area contributed by atoms with Crippen LogP contribution in [-0.4, -0.2) is 52.0 Å². The second kappa shape index (κ2) is 10.3. The van der Waals surface area contributed by atoms with Crippen LogP contribution in [0.1, 0.15) is 78.8 Å². The van der Waals surface area contributed by atoms with Gasteiger partial charge in [0, 0.05) is 42.8 Å². The minimum Gasteiger partial charge on any atom is -0.336 e. The van der Waals surface area contributed by atoms with Crippen LogP contribution in [0.5, 0.6) is 0 Å². The zero-order valence-electron chi connectivity index (χ0n) is 21.3. The lowest BCUT2D eigenvalue weighted by Crippen LogP contribution is -2.57. The highest BCUT2D eigenvalue weighted by molar-refractivity contribution is 5.95. The van der Waals surface area contributed by atoms with E-state index < -0.39 is 5.91 Å². The molecule has 1 saturated heterocycles. The van der Waals surface area contributed by atoms with E-state index in [9.17, 15) is 9.59 Å². The van der Waals surface area contributed by atoms with Crippen LogP contribution in [0.2, 0.25) is 0 Å². The Kier molecular flexibility index (Phi) is 7.43. The average Bonchev–Trinajstić information content (AvgIpc) is 2.85. The van der Waals surface area contributed by atoms with Gasteiger partial charge in [0.15, 0.2) is 0 Å². The molecule has 1 aliphatic carbocycles. The lowest BCUT2D eigenvalue weighted by molar-refractivity contribution is 0.0269. The quantitative estimate of drug-likeness (QED) is 0.464. The fourth-order valence-electron chi connectivity index (χ4n) is 5.24. The predicted molar refractivity (Wildman–Crippen MR) is 138 cm³/mol. The fourth-order valence-corrected chi connectivity index (χ4v) is 5.24. The summed E-state index contributed by atoms with van der Waals surface area (Å²) in [6.45, 7) is 11.0. The Morgan fingerprint density at radius 1 is 1.03 bits per heavy atom. The molecule has 2 amide bonds. The number of carbonyl (C=O) groups excluding carboxylic acids is 2. The molecule has 6 nitrogen and oxygen atoms in total. The van der Waals surface area contributed by atoms with Crippen molar-refractivity contribution < 1.29 is 14.8 Å². The van der Waals surface area contributed by atoms with E-state index in [0.717, 1.165) is 30.5 Å². The van der Waals surface area contributed by atoms with Crippen molar-refractivity contribution in [3.05, 3.63) is 76.9 Å². The van der Waals surface area contributed by atoms with Gasteiger partial charge in [-0.25, -0.2) is 5.48 Å². The number of nitrogens with zero attached hydrogens (tertiary/aromatic N) is 2. The molecule has 2 N–H and O–H groups in total. The van der Waals surface area contributed by atoms with Crippen LogP contribution in [-0.2, 0) is 6.54 Å². The van der Waals surface area contributed by atoms with E-state index in [-0.39, 0.29) is 18.0 Å². The summed E-state index contributed by atoms with van der Waals surface area (Å²) in [6, 6.07) is 15.8. The van der Waals surface area contributed by atoms with Gasteiger partial charge in [-0.05, 0) is 79.5 Å². The number of hydrogen-bond donors (Lipinski definition) is 2. The molecule has 0 aromatic heterocycles. The van der Waals surface area contributed by atoms with Crippen molar-refractivity contribution in [2.75, 3.05) is 13.1 Å². The highest BCUT2D eigenvalue weighted by Crippen LogP contribution is 2.38. The number of amides is 2. The molecule has 1 fully saturated rings. The largest absolute Gasteiger partial charge is 0.336 e. The topological polar surface area (TPSA) is 72.9 Å². The van der Waals surface area contributed by atoms with Crippen molar-refractivity contribution in [1.82, 2.24) is 15.3 Å². The number of hydroxylamine groups is 1. The summed E-state index contributed by atoms with van der Waals surface area (Å²) >= 11 is 0. The van der Waals surface area contributed by atoms with Gasteiger partial charge in [-0.1, -0.05) is 44.2 Å². The monoisotopic (exact) mass is 475 g/mol. The number of allylic oxidation sites excluding steroid dienone is 2. The normalized spacial score (nSPS) is 22.4. The number of rotatable bonds is 5. The van der Waals surface area contributed by atoms with Crippen LogP contribution < -0.4 is 5.48 Å². The molecule has 4 rings (SSSR count). The minimum absolute atomic E-state index is 0.0984. The third-order valence-corrected chi connectivity index (χ3v) is 7.52. The van der Waals surface area contributed by atoms with Crippen molar-refractivity contribution in [3.8, 4) is 0 Å². The van der Waals surface area contributed by atoms with Gasteiger partial charge in [0.1, 0.15) is 0 Å². The third kappa shape index (κ3) is 5.82. The summed E-state index contributed by atoms with van der Waals surface area (Å²) in [5, 5.41) is 8.80. The van der Waals surface area contributed by atoms with Gasteiger partial charge < -0.3 is 4.90 Å². The first kappa shape index (κ1) is 25.1. The van der Waals surface area contributed by atoms with E-state index in [4.69, 9.17) is 5.21 Å². The number of piperazine rings is 1. The Morgan fingerprint density at radius 2 is 1.71 bits per heavy atom. The first-order valence-corrected chi connectivity index (χ1v) is 12.5. The Bertz CT molecular complexity index is 1090. The van der Waals surface area contributed by atoms with E-state index in [1.54, 1.807) is 17.6 Å². The van der Waals surface area contributed by atoms with Crippen molar-refractivity contribution in [3.63, 3.8) is 0 Å². The van der Waals surface area contributed by atoms with Crippen LogP contribution in [0.3, 0.4) is 0 Å². The molecule has 35 heavy (non-hydrogen) atoms. The molecule has 0 saturated carbocycles. The van der Waals surface area contributed by atoms with Gasteiger partial charge in [0.05, 0.1) is 0 Å². The molecule has 6 heteroatoms. The van der Waals surface area contributed by atoms with Crippen LogP contribution in [0.25, 0.3) is 5.57 Å². The standard InChI is InChI=1S/C29H37N3O3/c1-20-17-31(18-21(2)32(20)19-22-8-10-24(11-9-22)27(33)30-35)28(34)26-7-5-6-25(16-26)23-12-14-29(3,4)15-13-23/h5-12,16,20-21,35H,13-15,17-19H2,1-4H3,(H,30,33)/t20-,21+. The summed E-state index contributed by atoms with van der Waals surface area (Å²) in [7, 11) is 0. The maximum Gasteiger partial charge on any atom is 0.274 e. The lowest BCUT2D eigenvalue weighted by Gasteiger charge is -2.44. The average molecular weight is 476 g/mol. The Morgan fingerprint density at radius 3 is 2.31 bits per heavy atom. The Hall–Kier alpha value is -2.96. The zero-order valence-corrected chi connectivity index (χ0v) is 21.3. The third-order valence-electron chi connectivity index (χ3n) is 7.52. The van der Waals surface area contributed by atoms with E-state index in [1.807, 2.05) is 29.2 Å². The lowest BCUT2D eigenvalue weighted by atomic mass is 9.77. The fraction of sp³-hybridized carbons (Fsp3) is 0.448. The van der Waals surface area contributed by atoms with E-state index in [1.165, 1.54) is 17.6 Å².